The first-order valence-electron chi connectivity index (χ1n) is 7.60. The molecule has 1 fully saturated rings. The smallest absolute Gasteiger partial charge is 0.222 e. The molecule has 1 saturated heterocycles. The second kappa shape index (κ2) is 6.48. The third-order valence-corrected chi connectivity index (χ3v) is 3.93. The zero-order valence-electron chi connectivity index (χ0n) is 13.0. The largest absolute Gasteiger partial charge is 0.370 e. The molecule has 0 radical (unpaired) electrons. The van der Waals surface area contributed by atoms with Gasteiger partial charge in [0, 0.05) is 37.6 Å². The minimum absolute atomic E-state index is 0.323. The Balaban J connectivity index is 1.56. The van der Waals surface area contributed by atoms with Crippen LogP contribution in [0.1, 0.15) is 17.7 Å². The fraction of sp³-hybridized carbons (Fsp3) is 0.375. The van der Waals surface area contributed by atoms with E-state index in [1.54, 1.807) is 12.3 Å². The molecule has 1 aliphatic heterocycles. The Hall–Kier alpha value is -2.88. The molecule has 2 aromatic rings. The molecular weight excluding hydrogens is 290 g/mol. The van der Waals surface area contributed by atoms with Gasteiger partial charge in [0.1, 0.15) is 17.7 Å². The lowest BCUT2D eigenvalue weighted by Crippen LogP contribution is -2.24. The van der Waals surface area contributed by atoms with Crippen LogP contribution in [-0.2, 0) is 0 Å². The normalized spacial score (nSPS) is 17.0. The summed E-state index contributed by atoms with van der Waals surface area (Å²) in [5.74, 6) is 2.53. The van der Waals surface area contributed by atoms with Crippen molar-refractivity contribution >= 4 is 17.6 Å². The predicted molar refractivity (Wildman–Crippen MR) is 88.9 cm³/mol. The second-order valence-electron chi connectivity index (χ2n) is 5.75. The molecule has 1 atom stereocenters. The lowest BCUT2D eigenvalue weighted by molar-refractivity contribution is 0.621. The molecular formula is C16H19N7. The molecule has 3 rings (SSSR count). The van der Waals surface area contributed by atoms with Crippen LogP contribution in [0.2, 0.25) is 0 Å². The van der Waals surface area contributed by atoms with Gasteiger partial charge in [0.05, 0.1) is 5.56 Å². The Bertz CT molecular complexity index is 700. The van der Waals surface area contributed by atoms with E-state index in [1.165, 1.54) is 0 Å². The van der Waals surface area contributed by atoms with Gasteiger partial charge >= 0.3 is 0 Å². The van der Waals surface area contributed by atoms with Gasteiger partial charge in [0.25, 0.3) is 0 Å². The van der Waals surface area contributed by atoms with Crippen molar-refractivity contribution in [3.05, 3.63) is 35.7 Å². The van der Waals surface area contributed by atoms with E-state index in [4.69, 9.17) is 11.0 Å². The van der Waals surface area contributed by atoms with Gasteiger partial charge in [-0.25, -0.2) is 9.97 Å². The van der Waals surface area contributed by atoms with E-state index >= 15 is 0 Å². The Morgan fingerprint density at radius 3 is 3.00 bits per heavy atom. The highest BCUT2D eigenvalue weighted by Crippen LogP contribution is 2.23. The molecule has 23 heavy (non-hydrogen) atoms. The summed E-state index contributed by atoms with van der Waals surface area (Å²) in [4.78, 5) is 14.9. The van der Waals surface area contributed by atoms with Gasteiger partial charge in [0.2, 0.25) is 5.95 Å². The third-order valence-electron chi connectivity index (χ3n) is 3.93. The summed E-state index contributed by atoms with van der Waals surface area (Å²) in [5.41, 5.74) is 7.18. The molecule has 3 heterocycles. The van der Waals surface area contributed by atoms with Gasteiger partial charge in [-0.2, -0.15) is 10.2 Å². The van der Waals surface area contributed by atoms with Crippen molar-refractivity contribution < 1.29 is 0 Å². The van der Waals surface area contributed by atoms with E-state index in [0.717, 1.165) is 43.4 Å². The molecule has 118 valence electrons. The Labute approximate surface area is 135 Å². The molecule has 0 aromatic carbocycles. The summed E-state index contributed by atoms with van der Waals surface area (Å²) in [6.07, 6.45) is 2.67. The number of rotatable bonds is 4. The lowest BCUT2D eigenvalue weighted by Gasteiger charge is -2.18. The van der Waals surface area contributed by atoms with E-state index in [-0.39, 0.29) is 0 Å². The summed E-state index contributed by atoms with van der Waals surface area (Å²) < 4.78 is 0. The zero-order chi connectivity index (χ0) is 16.2. The number of nitrogen functional groups attached to an aromatic ring is 1. The number of aryl methyl sites for hydroxylation is 1. The summed E-state index contributed by atoms with van der Waals surface area (Å²) >= 11 is 0. The number of hydrogen-bond donors (Lipinski definition) is 2. The Morgan fingerprint density at radius 2 is 2.30 bits per heavy atom. The van der Waals surface area contributed by atoms with Gasteiger partial charge in [0.15, 0.2) is 0 Å². The van der Waals surface area contributed by atoms with E-state index in [1.807, 2.05) is 19.1 Å². The topological polar surface area (TPSA) is 104 Å². The quantitative estimate of drug-likeness (QED) is 0.883. The third kappa shape index (κ3) is 3.66. The first-order valence-corrected chi connectivity index (χ1v) is 7.60. The molecule has 0 bridgehead atoms. The van der Waals surface area contributed by atoms with Crippen molar-refractivity contribution in [2.24, 2.45) is 5.92 Å². The highest BCUT2D eigenvalue weighted by atomic mass is 15.2. The van der Waals surface area contributed by atoms with Gasteiger partial charge in [-0.15, -0.1) is 0 Å². The van der Waals surface area contributed by atoms with Gasteiger partial charge in [-0.3, -0.25) is 0 Å². The first kappa shape index (κ1) is 15.0. The number of nitrogens with one attached hydrogen (secondary N) is 1. The van der Waals surface area contributed by atoms with Crippen molar-refractivity contribution in [2.45, 2.75) is 13.3 Å². The SMILES string of the molecule is Cc1cc(N2CCC(CNc3ccc(C#N)cn3)C2)nc(N)n1. The van der Waals surface area contributed by atoms with Crippen LogP contribution in [-0.4, -0.2) is 34.6 Å². The molecule has 7 heteroatoms. The highest BCUT2D eigenvalue weighted by Gasteiger charge is 2.23. The number of nitriles is 1. The van der Waals surface area contributed by atoms with Crippen LogP contribution in [0.3, 0.4) is 0 Å². The van der Waals surface area contributed by atoms with Crippen LogP contribution < -0.4 is 16.0 Å². The molecule has 0 amide bonds. The molecule has 7 nitrogen and oxygen atoms in total. The van der Waals surface area contributed by atoms with Crippen molar-refractivity contribution in [1.29, 1.82) is 5.26 Å². The maximum absolute atomic E-state index is 8.77. The van der Waals surface area contributed by atoms with Gasteiger partial charge in [-0.1, -0.05) is 0 Å². The fourth-order valence-electron chi connectivity index (χ4n) is 2.76. The minimum Gasteiger partial charge on any atom is -0.370 e. The highest BCUT2D eigenvalue weighted by molar-refractivity contribution is 5.44. The Morgan fingerprint density at radius 1 is 1.43 bits per heavy atom. The van der Waals surface area contributed by atoms with Crippen LogP contribution in [0.4, 0.5) is 17.6 Å². The van der Waals surface area contributed by atoms with E-state index in [2.05, 4.69) is 31.2 Å². The standard InChI is InChI=1S/C16H19N7/c1-11-6-15(22-16(18)21-11)23-5-4-13(10-23)9-20-14-3-2-12(7-17)8-19-14/h2-3,6,8,13H,4-5,9-10H2,1H3,(H,19,20)(H2,18,21,22). The summed E-state index contributed by atoms with van der Waals surface area (Å²) in [5, 5.41) is 12.1. The van der Waals surface area contributed by atoms with E-state index in [9.17, 15) is 0 Å². The van der Waals surface area contributed by atoms with Gasteiger partial charge in [-0.05, 0) is 31.4 Å². The fourth-order valence-corrected chi connectivity index (χ4v) is 2.76. The van der Waals surface area contributed by atoms with Crippen LogP contribution in [0.25, 0.3) is 0 Å². The summed E-state index contributed by atoms with van der Waals surface area (Å²) in [6, 6.07) is 7.63. The average molecular weight is 309 g/mol. The molecule has 1 unspecified atom stereocenters. The Kier molecular flexibility index (Phi) is 4.24. The van der Waals surface area contributed by atoms with E-state index in [0.29, 0.717) is 17.4 Å². The van der Waals surface area contributed by atoms with Gasteiger partial charge < -0.3 is 16.0 Å². The number of nitrogens with zero attached hydrogens (tertiary/aromatic N) is 5. The van der Waals surface area contributed by atoms with Crippen LogP contribution in [0, 0.1) is 24.2 Å². The summed E-state index contributed by atoms with van der Waals surface area (Å²) in [6.45, 7) is 4.66. The van der Waals surface area contributed by atoms with Crippen LogP contribution >= 0.6 is 0 Å². The first-order chi connectivity index (χ1) is 11.1. The van der Waals surface area contributed by atoms with Crippen molar-refractivity contribution in [3.8, 4) is 6.07 Å². The number of aromatic nitrogens is 3. The number of hydrogen-bond acceptors (Lipinski definition) is 7. The molecule has 0 aliphatic carbocycles. The molecule has 2 aromatic heterocycles. The number of nitrogens with two attached hydrogens (primary N) is 1. The molecule has 0 spiro atoms. The number of pyridine rings is 1. The average Bonchev–Trinajstić information content (AvgIpc) is 3.01. The lowest BCUT2D eigenvalue weighted by atomic mass is 10.1. The van der Waals surface area contributed by atoms with E-state index < -0.39 is 0 Å². The monoisotopic (exact) mass is 309 g/mol. The van der Waals surface area contributed by atoms with Crippen LogP contribution in [0.15, 0.2) is 24.4 Å². The zero-order valence-corrected chi connectivity index (χ0v) is 13.0. The second-order valence-corrected chi connectivity index (χ2v) is 5.75. The number of anilines is 3. The predicted octanol–water partition coefficient (Wildman–Crippen LogP) is 1.57. The van der Waals surface area contributed by atoms with Crippen LogP contribution in [0.5, 0.6) is 0 Å². The maximum Gasteiger partial charge on any atom is 0.222 e. The maximum atomic E-state index is 8.77. The van der Waals surface area contributed by atoms with Crippen molar-refractivity contribution in [3.63, 3.8) is 0 Å². The molecule has 1 aliphatic rings. The van der Waals surface area contributed by atoms with Crippen molar-refractivity contribution in [1.82, 2.24) is 15.0 Å². The van der Waals surface area contributed by atoms with Crippen molar-refractivity contribution in [2.75, 3.05) is 35.6 Å². The molecule has 0 saturated carbocycles. The minimum atomic E-state index is 0.323. The molecule has 3 N–H and O–H groups in total. The summed E-state index contributed by atoms with van der Waals surface area (Å²) in [7, 11) is 0.